The Labute approximate surface area is 158 Å². The van der Waals surface area contributed by atoms with Gasteiger partial charge in [0.25, 0.3) is 5.89 Å². The minimum absolute atomic E-state index is 0.0590. The molecule has 1 aliphatic heterocycles. The number of urea groups is 1. The number of amides is 2. The van der Waals surface area contributed by atoms with Crippen molar-refractivity contribution in [3.8, 4) is 5.75 Å². The molecule has 2 aromatic rings. The fraction of sp³-hybridized carbons (Fsp3) is 0.526. The van der Waals surface area contributed by atoms with Gasteiger partial charge in [0, 0.05) is 25.6 Å². The number of phenolic OH excluding ortho intramolecular Hbond substituents is 1. The molecule has 3 N–H and O–H groups in total. The van der Waals surface area contributed by atoms with Crippen molar-refractivity contribution in [3.63, 3.8) is 0 Å². The van der Waals surface area contributed by atoms with Crippen LogP contribution in [0.3, 0.4) is 0 Å². The smallest absolute Gasteiger partial charge is 0.317 e. The first-order valence-corrected chi connectivity index (χ1v) is 9.40. The first-order valence-electron chi connectivity index (χ1n) is 9.40. The van der Waals surface area contributed by atoms with E-state index in [4.69, 9.17) is 9.63 Å². The Hall–Kier alpha value is -2.61. The Kier molecular flexibility index (Phi) is 6.64. The van der Waals surface area contributed by atoms with E-state index in [0.717, 1.165) is 44.2 Å². The van der Waals surface area contributed by atoms with Crippen LogP contribution in [0.15, 0.2) is 28.8 Å². The number of piperidine rings is 1. The molecule has 1 fully saturated rings. The highest BCUT2D eigenvalue weighted by molar-refractivity contribution is 5.74. The molecule has 1 unspecified atom stereocenters. The zero-order valence-corrected chi connectivity index (χ0v) is 15.3. The third-order valence-electron chi connectivity index (χ3n) is 4.86. The minimum atomic E-state index is -0.282. The van der Waals surface area contributed by atoms with Gasteiger partial charge in [0.1, 0.15) is 12.4 Å². The molecule has 0 saturated carbocycles. The lowest BCUT2D eigenvalue weighted by Crippen LogP contribution is -2.49. The number of hydrogen-bond donors (Lipinski definition) is 3. The predicted molar refractivity (Wildman–Crippen MR) is 98.1 cm³/mol. The van der Waals surface area contributed by atoms with Crippen molar-refractivity contribution >= 4 is 6.03 Å². The molecule has 1 aromatic carbocycles. The second kappa shape index (κ2) is 9.36. The Bertz CT molecular complexity index is 732. The highest BCUT2D eigenvalue weighted by Crippen LogP contribution is 2.22. The topological polar surface area (TPSA) is 112 Å². The number of benzene rings is 1. The van der Waals surface area contributed by atoms with Gasteiger partial charge in [-0.2, -0.15) is 4.98 Å². The fourth-order valence-electron chi connectivity index (χ4n) is 3.40. The SMILES string of the molecule is O=C(NCCc1noc(CO)n1)N1CCCCC1CCc1ccc(O)cc1. The molecule has 27 heavy (non-hydrogen) atoms. The van der Waals surface area contributed by atoms with E-state index < -0.39 is 0 Å². The second-order valence-corrected chi connectivity index (χ2v) is 6.79. The lowest BCUT2D eigenvalue weighted by atomic mass is 9.96. The van der Waals surface area contributed by atoms with E-state index in [1.54, 1.807) is 12.1 Å². The molecule has 0 spiro atoms. The van der Waals surface area contributed by atoms with E-state index in [-0.39, 0.29) is 30.3 Å². The number of carbonyl (C=O) groups is 1. The lowest BCUT2D eigenvalue weighted by molar-refractivity contribution is 0.146. The average molecular weight is 374 g/mol. The normalized spacial score (nSPS) is 17.1. The number of nitrogens with one attached hydrogen (secondary N) is 1. The van der Waals surface area contributed by atoms with Gasteiger partial charge < -0.3 is 25.0 Å². The van der Waals surface area contributed by atoms with Crippen molar-refractivity contribution in [2.45, 2.75) is 51.2 Å². The van der Waals surface area contributed by atoms with Crippen molar-refractivity contribution in [3.05, 3.63) is 41.5 Å². The summed E-state index contributed by atoms with van der Waals surface area (Å²) in [4.78, 5) is 18.5. The van der Waals surface area contributed by atoms with Crippen LogP contribution in [0, 0.1) is 0 Å². The number of aromatic nitrogens is 2. The summed E-state index contributed by atoms with van der Waals surface area (Å²) in [6.45, 7) is 0.906. The number of carbonyl (C=O) groups excluding carboxylic acids is 1. The maximum atomic E-state index is 12.6. The summed E-state index contributed by atoms with van der Waals surface area (Å²) >= 11 is 0. The molecule has 8 nitrogen and oxygen atoms in total. The number of phenols is 1. The largest absolute Gasteiger partial charge is 0.508 e. The summed E-state index contributed by atoms with van der Waals surface area (Å²) in [5.74, 6) is 0.925. The molecule has 0 aliphatic carbocycles. The number of rotatable bonds is 7. The zero-order chi connectivity index (χ0) is 19.1. The van der Waals surface area contributed by atoms with Gasteiger partial charge >= 0.3 is 6.03 Å². The van der Waals surface area contributed by atoms with Crippen molar-refractivity contribution in [1.82, 2.24) is 20.4 Å². The molecule has 146 valence electrons. The van der Waals surface area contributed by atoms with E-state index in [2.05, 4.69) is 15.5 Å². The maximum Gasteiger partial charge on any atom is 0.317 e. The summed E-state index contributed by atoms with van der Waals surface area (Å²) in [6.07, 6.45) is 5.41. The number of nitrogens with zero attached hydrogens (tertiary/aromatic N) is 3. The maximum absolute atomic E-state index is 12.6. The molecule has 2 heterocycles. The third-order valence-corrected chi connectivity index (χ3v) is 4.86. The standard InChI is InChI=1S/C19H26N4O4/c24-13-18-21-17(22-27-18)10-11-20-19(26)23-12-2-1-3-15(23)7-4-14-5-8-16(25)9-6-14/h5-6,8-9,15,24-25H,1-4,7,10-13H2,(H,20,26). The highest BCUT2D eigenvalue weighted by Gasteiger charge is 2.26. The minimum Gasteiger partial charge on any atom is -0.508 e. The van der Waals surface area contributed by atoms with Crippen LogP contribution in [0.25, 0.3) is 0 Å². The Morgan fingerprint density at radius 2 is 2.07 bits per heavy atom. The number of likely N-dealkylation sites (tertiary alicyclic amines) is 1. The molecule has 3 rings (SSSR count). The van der Waals surface area contributed by atoms with Crippen molar-refractivity contribution < 1.29 is 19.5 Å². The summed E-state index contributed by atoms with van der Waals surface area (Å²) < 4.78 is 4.84. The Morgan fingerprint density at radius 3 is 2.81 bits per heavy atom. The zero-order valence-electron chi connectivity index (χ0n) is 15.3. The molecule has 2 amide bonds. The van der Waals surface area contributed by atoms with E-state index in [9.17, 15) is 9.90 Å². The molecule has 0 radical (unpaired) electrons. The summed E-state index contributed by atoms with van der Waals surface area (Å²) in [7, 11) is 0. The van der Waals surface area contributed by atoms with Gasteiger partial charge in [0.2, 0.25) is 0 Å². The van der Waals surface area contributed by atoms with E-state index >= 15 is 0 Å². The van der Waals surface area contributed by atoms with Gasteiger partial charge in [-0.25, -0.2) is 4.79 Å². The molecule has 1 saturated heterocycles. The average Bonchev–Trinajstić information content (AvgIpc) is 3.16. The summed E-state index contributed by atoms with van der Waals surface area (Å²) in [6, 6.07) is 7.40. The Morgan fingerprint density at radius 1 is 1.26 bits per heavy atom. The van der Waals surface area contributed by atoms with Crippen molar-refractivity contribution in [2.75, 3.05) is 13.1 Å². The lowest BCUT2D eigenvalue weighted by Gasteiger charge is -2.36. The van der Waals surface area contributed by atoms with Crippen LogP contribution in [0.2, 0.25) is 0 Å². The molecular weight excluding hydrogens is 348 g/mol. The molecule has 1 aliphatic rings. The number of aryl methyl sites for hydroxylation is 1. The van der Waals surface area contributed by atoms with Crippen LogP contribution in [-0.2, 0) is 19.4 Å². The quantitative estimate of drug-likeness (QED) is 0.683. The van der Waals surface area contributed by atoms with Crippen LogP contribution in [0.4, 0.5) is 4.79 Å². The first-order chi connectivity index (χ1) is 13.2. The molecule has 8 heteroatoms. The van der Waals surface area contributed by atoms with Gasteiger partial charge in [0.05, 0.1) is 0 Å². The molecule has 1 atom stereocenters. The number of hydrogen-bond acceptors (Lipinski definition) is 6. The third kappa shape index (κ3) is 5.43. The number of aliphatic hydroxyl groups is 1. The van der Waals surface area contributed by atoms with E-state index in [1.165, 1.54) is 0 Å². The van der Waals surface area contributed by atoms with Gasteiger partial charge in [0.15, 0.2) is 5.82 Å². The van der Waals surface area contributed by atoms with Gasteiger partial charge in [-0.3, -0.25) is 0 Å². The number of aromatic hydroxyl groups is 1. The van der Waals surface area contributed by atoms with Crippen molar-refractivity contribution in [1.29, 1.82) is 0 Å². The predicted octanol–water partition coefficient (Wildman–Crippen LogP) is 2.01. The fourth-order valence-corrected chi connectivity index (χ4v) is 3.40. The molecule has 1 aromatic heterocycles. The Balaban J connectivity index is 1.47. The van der Waals surface area contributed by atoms with Crippen LogP contribution < -0.4 is 5.32 Å². The van der Waals surface area contributed by atoms with Gasteiger partial charge in [-0.05, 0) is 49.8 Å². The second-order valence-electron chi connectivity index (χ2n) is 6.79. The summed E-state index contributed by atoms with van der Waals surface area (Å²) in [5.41, 5.74) is 1.16. The van der Waals surface area contributed by atoms with Crippen LogP contribution in [0.1, 0.15) is 43.0 Å². The summed E-state index contributed by atoms with van der Waals surface area (Å²) in [5, 5.41) is 25.0. The van der Waals surface area contributed by atoms with Gasteiger partial charge in [-0.15, -0.1) is 0 Å². The monoisotopic (exact) mass is 374 g/mol. The van der Waals surface area contributed by atoms with E-state index in [0.29, 0.717) is 18.8 Å². The highest BCUT2D eigenvalue weighted by atomic mass is 16.5. The molecule has 0 bridgehead atoms. The van der Waals surface area contributed by atoms with Gasteiger partial charge in [-0.1, -0.05) is 17.3 Å². The van der Waals surface area contributed by atoms with Crippen LogP contribution >= 0.6 is 0 Å². The number of aliphatic hydroxyl groups excluding tert-OH is 1. The van der Waals surface area contributed by atoms with Crippen LogP contribution in [-0.4, -0.2) is 50.4 Å². The van der Waals surface area contributed by atoms with Crippen LogP contribution in [0.5, 0.6) is 5.75 Å². The first kappa shape index (κ1) is 19.2. The van der Waals surface area contributed by atoms with Crippen molar-refractivity contribution in [2.24, 2.45) is 0 Å². The van der Waals surface area contributed by atoms with E-state index in [1.807, 2.05) is 17.0 Å². The molecular formula is C19H26N4O4.